The number of para-hydroxylation sites is 5. The van der Waals surface area contributed by atoms with Crippen LogP contribution in [0.1, 0.15) is 116 Å². The van der Waals surface area contributed by atoms with Crippen LogP contribution in [0.4, 0.5) is 34.1 Å². The number of aromatic nitrogens is 4. The van der Waals surface area contributed by atoms with Gasteiger partial charge in [-0.15, -0.1) is 0 Å². The van der Waals surface area contributed by atoms with Gasteiger partial charge in [-0.3, -0.25) is 0 Å². The minimum atomic E-state index is -0.607. The number of fused-ring (bicyclic) bond motifs is 16. The Hall–Kier alpha value is -14.4. The molecule has 0 unspecified atom stereocenters. The second kappa shape index (κ2) is 28.1. The molecule has 125 heavy (non-hydrogen) atoms. The van der Waals surface area contributed by atoms with Crippen LogP contribution < -0.4 is 26.2 Å². The molecule has 2 aliphatic heterocycles. The first-order valence-corrected chi connectivity index (χ1v) is 43.7. The van der Waals surface area contributed by atoms with Gasteiger partial charge >= 0.3 is 0 Å². The Labute approximate surface area is 743 Å². The van der Waals surface area contributed by atoms with Gasteiger partial charge in [-0.2, -0.15) is 0 Å². The Kier molecular flexibility index (Phi) is 15.1. The molecule has 0 saturated heterocycles. The van der Waals surface area contributed by atoms with Crippen molar-refractivity contribution in [1.29, 1.82) is 0 Å². The molecule has 4 aromatic heterocycles. The van der Waals surface area contributed by atoms with Gasteiger partial charge in [-0.05, 0) is 216 Å². The zero-order chi connectivity index (χ0) is 91.8. The molecule has 2 aliphatic rings. The van der Waals surface area contributed by atoms with Crippen molar-refractivity contribution in [2.45, 2.75) is 105 Å². The third-order valence-corrected chi connectivity index (χ3v) is 26.6. The summed E-state index contributed by atoms with van der Waals surface area (Å²) in [5, 5.41) is 6.82. The monoisotopic (exact) mass is 1620 g/mol. The number of rotatable bonds is 10. The maximum absolute atomic E-state index is 10.1. The molecular weight excluding hydrogens is 1510 g/mol. The number of hydrogen-bond donors (Lipinski definition) is 0. The maximum atomic E-state index is 10.1. The highest BCUT2D eigenvalue weighted by Crippen LogP contribution is 2.57. The van der Waals surface area contributed by atoms with Crippen molar-refractivity contribution >= 4 is 144 Å². The molecule has 21 aromatic rings. The Morgan fingerprint density at radius 3 is 0.888 bits per heavy atom. The molecule has 0 aliphatic carbocycles. The van der Waals surface area contributed by atoms with E-state index < -0.39 is 43.0 Å². The molecule has 0 fully saturated rings. The molecule has 0 amide bonds. The highest BCUT2D eigenvalue weighted by atomic mass is 15.2. The van der Waals surface area contributed by atoms with Gasteiger partial charge in [-0.25, -0.2) is 0 Å². The highest BCUT2D eigenvalue weighted by molar-refractivity contribution is 7.00. The number of hydrogen-bond acceptors (Lipinski definition) is 2. The molecule has 6 heterocycles. The lowest BCUT2D eigenvalue weighted by Crippen LogP contribution is -2.61. The minimum absolute atomic E-state index is 0.00247. The maximum Gasteiger partial charge on any atom is 0.252 e. The zero-order valence-corrected chi connectivity index (χ0v) is 72.4. The third-order valence-electron chi connectivity index (χ3n) is 26.6. The van der Waals surface area contributed by atoms with Gasteiger partial charge < -0.3 is 28.1 Å². The average molecular weight is 1620 g/mol. The molecule has 0 saturated carbocycles. The van der Waals surface area contributed by atoms with E-state index in [1.54, 1.807) is 4.57 Å². The normalized spacial score (nSPS) is 14.0. The van der Waals surface area contributed by atoms with Gasteiger partial charge in [0.1, 0.15) is 0 Å². The van der Waals surface area contributed by atoms with Crippen LogP contribution >= 0.6 is 0 Å². The van der Waals surface area contributed by atoms with Crippen LogP contribution in [-0.2, 0) is 21.7 Å². The van der Waals surface area contributed by atoms with Crippen molar-refractivity contribution < 1.29 is 11.0 Å². The van der Waals surface area contributed by atoms with E-state index in [-0.39, 0.29) is 55.6 Å². The van der Waals surface area contributed by atoms with Gasteiger partial charge in [0.25, 0.3) is 6.71 Å². The second-order valence-electron chi connectivity index (χ2n) is 38.3. The fourth-order valence-corrected chi connectivity index (χ4v) is 20.3. The van der Waals surface area contributed by atoms with Gasteiger partial charge in [0.15, 0.2) is 0 Å². The molecule has 0 N–H and O–H groups in total. The predicted molar refractivity (Wildman–Crippen MR) is 534 cm³/mol. The second-order valence-corrected chi connectivity index (χ2v) is 38.3. The van der Waals surface area contributed by atoms with Crippen molar-refractivity contribution in [3.63, 3.8) is 0 Å². The van der Waals surface area contributed by atoms with Crippen molar-refractivity contribution in [3.05, 3.63) is 392 Å². The molecular formula is C118H97BN6. The first-order chi connectivity index (χ1) is 63.9. The van der Waals surface area contributed by atoms with E-state index in [2.05, 4.69) is 422 Å². The fraction of sp³-hybridized carbons (Fsp3) is 0.136. The third kappa shape index (κ3) is 12.0. The minimum Gasteiger partial charge on any atom is -0.310 e. The topological polar surface area (TPSA) is 26.2 Å². The van der Waals surface area contributed by atoms with E-state index in [4.69, 9.17) is 0 Å². The van der Waals surface area contributed by atoms with E-state index in [0.29, 0.717) is 5.69 Å². The molecule has 0 atom stereocenters. The summed E-state index contributed by atoms with van der Waals surface area (Å²) in [6, 6.07) is 115. The molecule has 0 radical (unpaired) electrons. The van der Waals surface area contributed by atoms with Crippen LogP contribution in [0.3, 0.4) is 0 Å². The number of nitrogens with zero attached hydrogens (tertiary/aromatic N) is 6. The van der Waals surface area contributed by atoms with E-state index in [0.717, 1.165) is 172 Å². The summed E-state index contributed by atoms with van der Waals surface area (Å²) in [6.07, 6.45) is 0. The summed E-state index contributed by atoms with van der Waals surface area (Å²) in [7, 11) is 0. The van der Waals surface area contributed by atoms with Gasteiger partial charge in [0.2, 0.25) is 0 Å². The van der Waals surface area contributed by atoms with Crippen LogP contribution in [0, 0.1) is 0 Å². The Balaban J connectivity index is 0.931. The van der Waals surface area contributed by atoms with E-state index in [1.165, 1.54) is 27.5 Å². The van der Waals surface area contributed by atoms with E-state index >= 15 is 0 Å². The summed E-state index contributed by atoms with van der Waals surface area (Å²) in [5.41, 5.74) is 29.5. The van der Waals surface area contributed by atoms with E-state index in [9.17, 15) is 11.0 Å². The Bertz CT molecular complexity index is 8210. The summed E-state index contributed by atoms with van der Waals surface area (Å²) < 4.78 is 86.5. The van der Waals surface area contributed by atoms with Gasteiger partial charge in [0.05, 0.1) is 72.2 Å². The largest absolute Gasteiger partial charge is 0.310 e. The molecule has 602 valence electrons. The zero-order valence-electron chi connectivity index (χ0n) is 80.4. The first-order valence-electron chi connectivity index (χ1n) is 47.7. The lowest BCUT2D eigenvalue weighted by Gasteiger charge is -2.46. The standard InChI is InChI=1S/C118H97BN6/c1-115(2,3)78-53-60-105-95(63-78)96-64-79(116(4,5)6)54-61-106(96)123(105)85-72-110-112-111(73-85)125(114-93(76-39-21-15-22-40-76)67-81(118(10,11)12)68-94(114)77-41-23-16-24-42-77)109-71-84(122-104-52-34-29-47-90(104)97-69-82(57-62-107(97)122)120-100-48-30-25-43-86(100)87-44-26-31-49-101(87)120)56-59-99(109)119(112)98-58-55-83(121-102-50-32-27-45-88(102)89-46-28-33-51-103(89)121)70-108(98)124(110)113-91(74-35-17-13-18-36-74)65-80(117(7,8)9)66-92(113)75-37-19-14-20-38-75/h13-73H,1-12H3/i27D,28D,32D,33D,45D,46D,50D,51D. The summed E-state index contributed by atoms with van der Waals surface area (Å²) in [6.45, 7) is 26.9. The molecule has 7 heteroatoms. The lowest BCUT2D eigenvalue weighted by atomic mass is 9.33. The van der Waals surface area contributed by atoms with Crippen LogP contribution in [0.2, 0.25) is 0 Å². The fourth-order valence-electron chi connectivity index (χ4n) is 20.3. The smallest absolute Gasteiger partial charge is 0.252 e. The quantitative estimate of drug-likeness (QED) is 0.128. The van der Waals surface area contributed by atoms with Crippen LogP contribution in [0.5, 0.6) is 0 Å². The molecule has 6 nitrogen and oxygen atoms in total. The lowest BCUT2D eigenvalue weighted by molar-refractivity contribution is 0.590. The molecule has 0 spiro atoms. The van der Waals surface area contributed by atoms with Gasteiger partial charge in [-0.1, -0.05) is 320 Å². The number of anilines is 6. The van der Waals surface area contributed by atoms with Crippen molar-refractivity contribution in [2.24, 2.45) is 0 Å². The van der Waals surface area contributed by atoms with Gasteiger partial charge in [0, 0.05) is 105 Å². The Morgan fingerprint density at radius 2 is 0.512 bits per heavy atom. The predicted octanol–water partition coefficient (Wildman–Crippen LogP) is 30.0. The van der Waals surface area contributed by atoms with Crippen LogP contribution in [-0.4, -0.2) is 25.0 Å². The summed E-state index contributed by atoms with van der Waals surface area (Å²) in [5.74, 6) is 0. The SMILES string of the molecule is [2H]c1c([2H])c([2H])c2c(c1[2H])c1c([2H])c([2H])c([2H])c([2H])c1n2-c1ccc2c(c1)N(c1c(-c3ccccc3)cc(C(C)(C)C)cc1-c1ccccc1)c1cc(-n3c4ccc(C(C)(C)C)cc4c4cc(C(C)(C)C)ccc43)cc3c1B2c1ccc(-n2c4ccccc4c4cc(-n5c6ccccc6c6ccccc65)ccc42)cc1N3c1c(-c2ccccc2)cc(C(C)(C)C)cc1-c1ccccc1. The van der Waals surface area contributed by atoms with Crippen molar-refractivity contribution in [3.8, 4) is 67.3 Å². The Morgan fingerprint density at radius 1 is 0.224 bits per heavy atom. The first kappa shape index (κ1) is 67.2. The van der Waals surface area contributed by atoms with E-state index in [1.807, 2.05) is 6.07 Å². The summed E-state index contributed by atoms with van der Waals surface area (Å²) >= 11 is 0. The highest BCUT2D eigenvalue weighted by Gasteiger charge is 2.47. The number of benzene rings is 17. The average Bonchev–Trinajstić information content (AvgIpc) is 1.57. The van der Waals surface area contributed by atoms with Crippen LogP contribution in [0.15, 0.2) is 370 Å². The van der Waals surface area contributed by atoms with Crippen molar-refractivity contribution in [1.82, 2.24) is 18.3 Å². The van der Waals surface area contributed by atoms with Crippen molar-refractivity contribution in [2.75, 3.05) is 9.80 Å². The molecule has 23 rings (SSSR count). The molecule has 17 aromatic carbocycles. The summed E-state index contributed by atoms with van der Waals surface area (Å²) in [4.78, 5) is 5.14. The molecule has 0 bridgehead atoms. The van der Waals surface area contributed by atoms with Crippen LogP contribution in [0.25, 0.3) is 154 Å².